The van der Waals surface area contributed by atoms with Crippen LogP contribution in [0.1, 0.15) is 25.3 Å². The third kappa shape index (κ3) is 6.97. The number of rotatable bonds is 8. The van der Waals surface area contributed by atoms with Crippen LogP contribution >= 0.6 is 24.8 Å². The van der Waals surface area contributed by atoms with Crippen molar-refractivity contribution in [2.75, 3.05) is 19.6 Å². The highest BCUT2D eigenvalue weighted by Gasteiger charge is 2.27. The molecule has 3 N–H and O–H groups in total. The number of nitrogens with zero attached hydrogens (tertiary/aromatic N) is 1. The van der Waals surface area contributed by atoms with E-state index in [1.54, 1.807) is 0 Å². The Morgan fingerprint density at radius 3 is 2.50 bits per heavy atom. The molecule has 4 nitrogen and oxygen atoms in total. The predicted molar refractivity (Wildman–Crippen MR) is 95.9 cm³/mol. The molecule has 0 spiro atoms. The van der Waals surface area contributed by atoms with Crippen LogP contribution in [0.15, 0.2) is 30.3 Å². The summed E-state index contributed by atoms with van der Waals surface area (Å²) in [7, 11) is 0. The number of benzene rings is 1. The fourth-order valence-corrected chi connectivity index (χ4v) is 2.45. The normalized spacial score (nSPS) is 14.7. The highest BCUT2D eigenvalue weighted by atomic mass is 35.5. The fraction of sp³-hybridized carbons (Fsp3) is 0.562. The summed E-state index contributed by atoms with van der Waals surface area (Å²) in [5.74, 6) is -0.0549. The first-order chi connectivity index (χ1) is 9.70. The van der Waals surface area contributed by atoms with Gasteiger partial charge in [0.2, 0.25) is 5.91 Å². The molecule has 1 unspecified atom stereocenters. The fourth-order valence-electron chi connectivity index (χ4n) is 2.45. The van der Waals surface area contributed by atoms with Crippen molar-refractivity contribution in [1.82, 2.24) is 10.2 Å². The number of nitrogens with one attached hydrogen (secondary N) is 1. The average Bonchev–Trinajstić information content (AvgIpc) is 3.29. The summed E-state index contributed by atoms with van der Waals surface area (Å²) < 4.78 is 0. The van der Waals surface area contributed by atoms with E-state index in [2.05, 4.69) is 17.1 Å². The second kappa shape index (κ2) is 10.8. The number of likely N-dealkylation sites (N-methyl/N-ethyl adjacent to an activating group) is 1. The van der Waals surface area contributed by atoms with Crippen LogP contribution < -0.4 is 11.1 Å². The molecule has 1 aromatic carbocycles. The highest BCUT2D eigenvalue weighted by molar-refractivity contribution is 5.85. The lowest BCUT2D eigenvalue weighted by molar-refractivity contribution is -0.122. The molecule has 1 amide bonds. The van der Waals surface area contributed by atoms with Crippen molar-refractivity contribution in [3.63, 3.8) is 0 Å². The quantitative estimate of drug-likeness (QED) is 0.756. The zero-order valence-electron chi connectivity index (χ0n) is 13.0. The third-order valence-corrected chi connectivity index (χ3v) is 3.80. The second-order valence-electron chi connectivity index (χ2n) is 5.45. The number of nitrogens with two attached hydrogens (primary N) is 1. The molecule has 0 aliphatic heterocycles. The van der Waals surface area contributed by atoms with E-state index in [0.717, 1.165) is 24.7 Å². The summed E-state index contributed by atoms with van der Waals surface area (Å²) in [6.07, 6.45) is 3.19. The molecule has 22 heavy (non-hydrogen) atoms. The summed E-state index contributed by atoms with van der Waals surface area (Å²) >= 11 is 0. The second-order valence-corrected chi connectivity index (χ2v) is 5.45. The van der Waals surface area contributed by atoms with Gasteiger partial charge >= 0.3 is 0 Å². The van der Waals surface area contributed by atoms with Crippen LogP contribution in [0.4, 0.5) is 0 Å². The maximum Gasteiger partial charge on any atom is 0.237 e. The van der Waals surface area contributed by atoms with Crippen LogP contribution in [-0.2, 0) is 11.2 Å². The highest BCUT2D eigenvalue weighted by Crippen LogP contribution is 2.25. The van der Waals surface area contributed by atoms with Crippen molar-refractivity contribution in [2.45, 2.75) is 38.3 Å². The molecule has 6 heteroatoms. The van der Waals surface area contributed by atoms with Gasteiger partial charge in [-0.15, -0.1) is 24.8 Å². The summed E-state index contributed by atoms with van der Waals surface area (Å²) in [5.41, 5.74) is 7.05. The minimum absolute atomic E-state index is 0. The molecule has 1 aromatic rings. The van der Waals surface area contributed by atoms with Crippen LogP contribution in [0.3, 0.4) is 0 Å². The van der Waals surface area contributed by atoms with Gasteiger partial charge in [-0.05, 0) is 31.4 Å². The lowest BCUT2D eigenvalue weighted by Crippen LogP contribution is -2.45. The molecular formula is C16H27Cl2N3O. The Kier molecular flexibility index (Phi) is 10.4. The molecule has 0 radical (unpaired) electrons. The summed E-state index contributed by atoms with van der Waals surface area (Å²) in [6.45, 7) is 4.83. The van der Waals surface area contributed by atoms with E-state index in [1.165, 1.54) is 12.8 Å². The van der Waals surface area contributed by atoms with E-state index in [-0.39, 0.29) is 30.7 Å². The van der Waals surface area contributed by atoms with Crippen molar-refractivity contribution >= 4 is 30.7 Å². The van der Waals surface area contributed by atoms with Crippen LogP contribution in [0.2, 0.25) is 0 Å². The van der Waals surface area contributed by atoms with Crippen LogP contribution in [0, 0.1) is 0 Å². The van der Waals surface area contributed by atoms with Gasteiger partial charge in [-0.2, -0.15) is 0 Å². The molecule has 126 valence electrons. The number of carbonyl (C=O) groups excluding carboxylic acids is 1. The van der Waals surface area contributed by atoms with Gasteiger partial charge in [0.15, 0.2) is 0 Å². The molecule has 0 saturated heterocycles. The maximum atomic E-state index is 11.9. The van der Waals surface area contributed by atoms with Gasteiger partial charge in [0.05, 0.1) is 6.04 Å². The van der Waals surface area contributed by atoms with Gasteiger partial charge < -0.3 is 11.1 Å². The minimum atomic E-state index is -0.464. The van der Waals surface area contributed by atoms with E-state index in [0.29, 0.717) is 13.0 Å². The van der Waals surface area contributed by atoms with E-state index < -0.39 is 6.04 Å². The Morgan fingerprint density at radius 1 is 1.32 bits per heavy atom. The largest absolute Gasteiger partial charge is 0.353 e. The first-order valence-corrected chi connectivity index (χ1v) is 7.52. The number of carbonyl (C=O) groups is 1. The number of halogens is 2. The topological polar surface area (TPSA) is 58.4 Å². The molecule has 1 atom stereocenters. The van der Waals surface area contributed by atoms with E-state index in [1.807, 2.05) is 30.3 Å². The Hall–Kier alpha value is -0.810. The lowest BCUT2D eigenvalue weighted by Gasteiger charge is -2.20. The molecular weight excluding hydrogens is 321 g/mol. The maximum absolute atomic E-state index is 11.9. The molecule has 0 bridgehead atoms. The summed E-state index contributed by atoms with van der Waals surface area (Å²) in [5, 5.41) is 2.94. The smallest absolute Gasteiger partial charge is 0.237 e. The van der Waals surface area contributed by atoms with Crippen LogP contribution in [-0.4, -0.2) is 42.5 Å². The molecule has 1 saturated carbocycles. The summed E-state index contributed by atoms with van der Waals surface area (Å²) in [6, 6.07) is 10.2. The van der Waals surface area contributed by atoms with Gasteiger partial charge in [-0.25, -0.2) is 0 Å². The van der Waals surface area contributed by atoms with Crippen molar-refractivity contribution in [1.29, 1.82) is 0 Å². The van der Waals surface area contributed by atoms with Crippen molar-refractivity contribution < 1.29 is 4.79 Å². The van der Waals surface area contributed by atoms with E-state index in [4.69, 9.17) is 5.73 Å². The molecule has 1 fully saturated rings. The Bertz CT molecular complexity index is 427. The van der Waals surface area contributed by atoms with Gasteiger partial charge in [-0.1, -0.05) is 37.3 Å². The zero-order valence-corrected chi connectivity index (χ0v) is 14.7. The molecule has 1 aliphatic rings. The Labute approximate surface area is 145 Å². The molecule has 1 aliphatic carbocycles. The monoisotopic (exact) mass is 347 g/mol. The van der Waals surface area contributed by atoms with Crippen molar-refractivity contribution in [3.05, 3.63) is 35.9 Å². The molecule has 2 rings (SSSR count). The van der Waals surface area contributed by atoms with Crippen molar-refractivity contribution in [3.8, 4) is 0 Å². The van der Waals surface area contributed by atoms with Gasteiger partial charge in [0.25, 0.3) is 0 Å². The van der Waals surface area contributed by atoms with E-state index >= 15 is 0 Å². The number of amides is 1. The number of hydrogen-bond donors (Lipinski definition) is 2. The van der Waals surface area contributed by atoms with Gasteiger partial charge in [0.1, 0.15) is 0 Å². The lowest BCUT2D eigenvalue weighted by atomic mass is 10.1. The average molecular weight is 348 g/mol. The van der Waals surface area contributed by atoms with Crippen LogP contribution in [0.5, 0.6) is 0 Å². The summed E-state index contributed by atoms with van der Waals surface area (Å²) in [4.78, 5) is 14.4. The zero-order chi connectivity index (χ0) is 14.4. The first kappa shape index (κ1) is 21.2. The SMILES string of the molecule is CCN(CCNC(=O)C(N)Cc1ccccc1)C1CC1.Cl.Cl. The standard InChI is InChI=1S/C16H25N3O.2ClH/c1-2-19(14-8-9-14)11-10-18-16(20)15(17)12-13-6-4-3-5-7-13;;/h3-7,14-15H,2,8-12,17H2,1H3,(H,18,20);2*1H. The third-order valence-electron chi connectivity index (χ3n) is 3.80. The molecule has 0 aromatic heterocycles. The molecule has 0 heterocycles. The predicted octanol–water partition coefficient (Wildman–Crippen LogP) is 2.00. The number of hydrogen-bond acceptors (Lipinski definition) is 3. The minimum Gasteiger partial charge on any atom is -0.353 e. The van der Waals surface area contributed by atoms with Crippen LogP contribution in [0.25, 0.3) is 0 Å². The first-order valence-electron chi connectivity index (χ1n) is 7.52. The Morgan fingerprint density at radius 2 is 1.95 bits per heavy atom. The van der Waals surface area contributed by atoms with Gasteiger partial charge in [-0.3, -0.25) is 9.69 Å². The van der Waals surface area contributed by atoms with E-state index in [9.17, 15) is 4.79 Å². The van der Waals surface area contributed by atoms with Crippen molar-refractivity contribution in [2.24, 2.45) is 5.73 Å². The Balaban J connectivity index is 0.00000220. The van der Waals surface area contributed by atoms with Gasteiger partial charge in [0, 0.05) is 19.1 Å².